The Labute approximate surface area is 119 Å². The van der Waals surface area contributed by atoms with Gasteiger partial charge in [0, 0.05) is 30.4 Å². The maximum atomic E-state index is 5.35. The number of benzene rings is 1. The Kier molecular flexibility index (Phi) is 4.02. The van der Waals surface area contributed by atoms with E-state index in [1.165, 1.54) is 32.3 Å². The first-order chi connectivity index (χ1) is 9.85. The van der Waals surface area contributed by atoms with Gasteiger partial charge < -0.3 is 14.6 Å². The molecule has 0 bridgehead atoms. The molecule has 1 saturated heterocycles. The minimum atomic E-state index is 0.572. The van der Waals surface area contributed by atoms with Gasteiger partial charge in [-0.2, -0.15) is 0 Å². The van der Waals surface area contributed by atoms with E-state index in [-0.39, 0.29) is 0 Å². The molecule has 1 aliphatic heterocycles. The summed E-state index contributed by atoms with van der Waals surface area (Å²) in [6.45, 7) is 5.77. The van der Waals surface area contributed by atoms with Crippen molar-refractivity contribution in [1.29, 1.82) is 0 Å². The molecule has 1 aliphatic rings. The Hall–Kier alpha value is -1.81. The van der Waals surface area contributed by atoms with Crippen molar-refractivity contribution in [1.82, 2.24) is 9.88 Å². The van der Waals surface area contributed by atoms with Crippen LogP contribution in [-0.2, 0) is 0 Å². The van der Waals surface area contributed by atoms with Crippen molar-refractivity contribution in [2.24, 2.45) is 0 Å². The van der Waals surface area contributed by atoms with Gasteiger partial charge in [0.05, 0.1) is 6.20 Å². The molecule has 1 fully saturated rings. The second kappa shape index (κ2) is 6.09. The van der Waals surface area contributed by atoms with Crippen LogP contribution in [0.15, 0.2) is 41.3 Å². The molecule has 4 nitrogen and oxygen atoms in total. The molecule has 2 heterocycles. The maximum absolute atomic E-state index is 5.35. The third-order valence-corrected chi connectivity index (χ3v) is 3.98. The normalized spacial score (nSPS) is 17.2. The van der Waals surface area contributed by atoms with E-state index in [9.17, 15) is 0 Å². The second-order valence-corrected chi connectivity index (χ2v) is 5.30. The lowest BCUT2D eigenvalue weighted by atomic mass is 10.0. The molecule has 1 N–H and O–H groups in total. The van der Waals surface area contributed by atoms with E-state index in [2.05, 4.69) is 40.3 Å². The Morgan fingerprint density at radius 1 is 1.35 bits per heavy atom. The highest BCUT2D eigenvalue weighted by molar-refractivity contribution is 5.63. The lowest BCUT2D eigenvalue weighted by molar-refractivity contribution is 0.229. The van der Waals surface area contributed by atoms with E-state index in [1.54, 1.807) is 6.20 Å². The zero-order chi connectivity index (χ0) is 13.8. The number of likely N-dealkylation sites (tertiary alicyclic amines) is 1. The van der Waals surface area contributed by atoms with Gasteiger partial charge in [0.15, 0.2) is 12.2 Å². The lowest BCUT2D eigenvalue weighted by Crippen LogP contribution is -2.38. The minimum Gasteiger partial charge on any atom is -0.444 e. The molecule has 20 heavy (non-hydrogen) atoms. The number of aromatic nitrogens is 1. The molecule has 0 radical (unpaired) electrons. The third-order valence-electron chi connectivity index (χ3n) is 3.98. The fourth-order valence-corrected chi connectivity index (χ4v) is 2.75. The average molecular weight is 271 g/mol. The first-order valence-corrected chi connectivity index (χ1v) is 7.33. The highest BCUT2D eigenvalue weighted by Gasteiger charge is 2.17. The largest absolute Gasteiger partial charge is 0.444 e. The molecule has 0 spiro atoms. The molecule has 4 heteroatoms. The first-order valence-electron chi connectivity index (χ1n) is 7.33. The highest BCUT2D eigenvalue weighted by atomic mass is 16.3. The second-order valence-electron chi connectivity index (χ2n) is 5.30. The van der Waals surface area contributed by atoms with Gasteiger partial charge in [0.1, 0.15) is 0 Å². The summed E-state index contributed by atoms with van der Waals surface area (Å²) in [6.07, 6.45) is 5.63. The van der Waals surface area contributed by atoms with Crippen molar-refractivity contribution in [2.75, 3.05) is 25.0 Å². The van der Waals surface area contributed by atoms with Crippen LogP contribution in [0.1, 0.15) is 19.8 Å². The maximum Gasteiger partial charge on any atom is 0.181 e. The van der Waals surface area contributed by atoms with Crippen LogP contribution in [0.2, 0.25) is 0 Å². The number of nitrogens with zero attached hydrogens (tertiary/aromatic N) is 2. The molecule has 0 unspecified atom stereocenters. The van der Waals surface area contributed by atoms with Crippen LogP contribution in [0.4, 0.5) is 5.69 Å². The van der Waals surface area contributed by atoms with Crippen molar-refractivity contribution in [3.8, 4) is 11.3 Å². The van der Waals surface area contributed by atoms with Gasteiger partial charge in [-0.15, -0.1) is 0 Å². The molecule has 0 aliphatic carbocycles. The summed E-state index contributed by atoms with van der Waals surface area (Å²) in [5.41, 5.74) is 2.23. The van der Waals surface area contributed by atoms with Crippen LogP contribution < -0.4 is 5.32 Å². The lowest BCUT2D eigenvalue weighted by Gasteiger charge is -2.32. The molecule has 0 atom stereocenters. The number of nitrogens with one attached hydrogen (secondary N) is 1. The van der Waals surface area contributed by atoms with Gasteiger partial charge in [0.2, 0.25) is 0 Å². The van der Waals surface area contributed by atoms with E-state index < -0.39 is 0 Å². The Balaban J connectivity index is 1.65. The Morgan fingerprint density at radius 3 is 2.90 bits per heavy atom. The third kappa shape index (κ3) is 3.02. The molecular weight excluding hydrogens is 250 g/mol. The summed E-state index contributed by atoms with van der Waals surface area (Å²) in [5.74, 6) is 0.814. The number of piperidine rings is 1. The van der Waals surface area contributed by atoms with Crippen molar-refractivity contribution >= 4 is 5.69 Å². The molecule has 0 saturated carbocycles. The van der Waals surface area contributed by atoms with Crippen LogP contribution in [0.3, 0.4) is 0 Å². The smallest absolute Gasteiger partial charge is 0.181 e. The zero-order valence-corrected chi connectivity index (χ0v) is 11.9. The van der Waals surface area contributed by atoms with Crippen LogP contribution >= 0.6 is 0 Å². The number of hydrogen-bond acceptors (Lipinski definition) is 4. The fourth-order valence-electron chi connectivity index (χ4n) is 2.75. The summed E-state index contributed by atoms with van der Waals surface area (Å²) < 4.78 is 5.35. The molecule has 3 rings (SSSR count). The summed E-state index contributed by atoms with van der Waals surface area (Å²) in [5, 5.41) is 3.64. The predicted molar refractivity (Wildman–Crippen MR) is 80.7 cm³/mol. The van der Waals surface area contributed by atoms with Gasteiger partial charge in [-0.05, 0) is 31.5 Å². The molecule has 0 amide bonds. The average Bonchev–Trinajstić information content (AvgIpc) is 3.03. The summed E-state index contributed by atoms with van der Waals surface area (Å²) in [4.78, 5) is 6.47. The fraction of sp³-hybridized carbons (Fsp3) is 0.438. The van der Waals surface area contributed by atoms with Crippen LogP contribution in [0, 0.1) is 0 Å². The standard InChI is InChI=1S/C16H21N3O/c1-2-19-8-6-14(7-9-19)18-15-5-3-4-13(10-15)16-11-17-12-20-16/h3-5,10-12,14,18H,2,6-9H2,1H3. The van der Waals surface area contributed by atoms with Crippen LogP contribution in [-0.4, -0.2) is 35.6 Å². The predicted octanol–water partition coefficient (Wildman–Crippen LogP) is 3.24. The quantitative estimate of drug-likeness (QED) is 0.927. The number of hydrogen-bond donors (Lipinski definition) is 1. The summed E-state index contributed by atoms with van der Waals surface area (Å²) >= 11 is 0. The van der Waals surface area contributed by atoms with Crippen molar-refractivity contribution in [2.45, 2.75) is 25.8 Å². The molecule has 1 aromatic heterocycles. The van der Waals surface area contributed by atoms with Gasteiger partial charge in [-0.1, -0.05) is 19.1 Å². The van der Waals surface area contributed by atoms with Crippen molar-refractivity contribution in [3.05, 3.63) is 36.9 Å². The topological polar surface area (TPSA) is 41.3 Å². The van der Waals surface area contributed by atoms with Crippen LogP contribution in [0.25, 0.3) is 11.3 Å². The first kappa shape index (κ1) is 13.2. The SMILES string of the molecule is CCN1CCC(Nc2cccc(-c3cnco3)c2)CC1. The van der Waals surface area contributed by atoms with Gasteiger partial charge in [0.25, 0.3) is 0 Å². The molecule has 1 aromatic carbocycles. The molecule has 106 valence electrons. The van der Waals surface area contributed by atoms with Gasteiger partial charge in [-0.25, -0.2) is 4.98 Å². The van der Waals surface area contributed by atoms with Crippen molar-refractivity contribution in [3.63, 3.8) is 0 Å². The van der Waals surface area contributed by atoms with E-state index in [4.69, 9.17) is 4.42 Å². The minimum absolute atomic E-state index is 0.572. The van der Waals surface area contributed by atoms with E-state index in [1.807, 2.05) is 6.07 Å². The van der Waals surface area contributed by atoms with E-state index in [0.29, 0.717) is 6.04 Å². The van der Waals surface area contributed by atoms with E-state index >= 15 is 0 Å². The Bertz CT molecular complexity index is 530. The Morgan fingerprint density at radius 2 is 2.20 bits per heavy atom. The number of anilines is 1. The van der Waals surface area contributed by atoms with E-state index in [0.717, 1.165) is 23.6 Å². The summed E-state index contributed by atoms with van der Waals surface area (Å²) in [7, 11) is 0. The highest BCUT2D eigenvalue weighted by Crippen LogP contribution is 2.23. The van der Waals surface area contributed by atoms with Gasteiger partial charge >= 0.3 is 0 Å². The molecular formula is C16H21N3O. The molecule has 2 aromatic rings. The summed E-state index contributed by atoms with van der Waals surface area (Å²) in [6, 6.07) is 8.92. The monoisotopic (exact) mass is 271 g/mol. The number of rotatable bonds is 4. The van der Waals surface area contributed by atoms with Gasteiger partial charge in [-0.3, -0.25) is 0 Å². The van der Waals surface area contributed by atoms with Crippen LogP contribution in [0.5, 0.6) is 0 Å². The zero-order valence-electron chi connectivity index (χ0n) is 11.9. The van der Waals surface area contributed by atoms with Crippen molar-refractivity contribution < 1.29 is 4.42 Å². The number of oxazole rings is 1.